The predicted molar refractivity (Wildman–Crippen MR) is 92.2 cm³/mol. The van der Waals surface area contributed by atoms with Crippen molar-refractivity contribution in [2.45, 2.75) is 32.2 Å². The van der Waals surface area contributed by atoms with E-state index in [1.807, 2.05) is 11.6 Å². The standard InChI is InChI=1S/C19H24FN3O2/c1-18(2)12-19(18,14-4-6-15(20)7-5-14)17(25)23(8-9-24)11-16-10-21-13-22(16)3/h4-7,10,13,24H,8-9,11-12H2,1-3H3. The van der Waals surface area contributed by atoms with Crippen LogP contribution in [0.25, 0.3) is 0 Å². The third kappa shape index (κ3) is 2.95. The first kappa shape index (κ1) is 17.6. The third-order valence-electron chi connectivity index (χ3n) is 5.37. The number of aliphatic hydroxyl groups is 1. The number of hydrogen-bond donors (Lipinski definition) is 1. The second kappa shape index (κ2) is 6.26. The molecule has 1 aliphatic carbocycles. The van der Waals surface area contributed by atoms with E-state index in [1.54, 1.807) is 29.6 Å². The van der Waals surface area contributed by atoms with Crippen LogP contribution < -0.4 is 0 Å². The van der Waals surface area contributed by atoms with Crippen molar-refractivity contribution in [1.82, 2.24) is 14.5 Å². The maximum Gasteiger partial charge on any atom is 0.234 e. The maximum atomic E-state index is 13.4. The van der Waals surface area contributed by atoms with Crippen molar-refractivity contribution in [2.24, 2.45) is 12.5 Å². The Morgan fingerprint density at radius 2 is 2.00 bits per heavy atom. The van der Waals surface area contributed by atoms with Crippen molar-refractivity contribution in [2.75, 3.05) is 13.2 Å². The summed E-state index contributed by atoms with van der Waals surface area (Å²) in [4.78, 5) is 19.2. The van der Waals surface area contributed by atoms with Crippen molar-refractivity contribution >= 4 is 5.91 Å². The van der Waals surface area contributed by atoms with E-state index >= 15 is 0 Å². The van der Waals surface area contributed by atoms with Gasteiger partial charge in [-0.2, -0.15) is 0 Å². The fourth-order valence-electron chi connectivity index (χ4n) is 3.71. The molecule has 0 spiro atoms. The van der Waals surface area contributed by atoms with E-state index in [4.69, 9.17) is 0 Å². The highest BCUT2D eigenvalue weighted by molar-refractivity contribution is 5.93. The molecule has 1 fully saturated rings. The smallest absolute Gasteiger partial charge is 0.234 e. The van der Waals surface area contributed by atoms with Gasteiger partial charge >= 0.3 is 0 Å². The van der Waals surface area contributed by atoms with Gasteiger partial charge in [0, 0.05) is 19.8 Å². The number of rotatable bonds is 6. The molecule has 1 saturated carbocycles. The zero-order valence-corrected chi connectivity index (χ0v) is 14.9. The molecule has 0 bridgehead atoms. The van der Waals surface area contributed by atoms with E-state index in [-0.39, 0.29) is 30.3 Å². The summed E-state index contributed by atoms with van der Waals surface area (Å²) in [7, 11) is 1.88. The summed E-state index contributed by atoms with van der Waals surface area (Å²) in [5.41, 5.74) is 0.850. The zero-order chi connectivity index (χ0) is 18.2. The second-order valence-corrected chi connectivity index (χ2v) is 7.42. The van der Waals surface area contributed by atoms with E-state index in [0.29, 0.717) is 13.0 Å². The lowest BCUT2D eigenvalue weighted by Gasteiger charge is -2.29. The largest absolute Gasteiger partial charge is 0.395 e. The number of nitrogens with zero attached hydrogens (tertiary/aromatic N) is 3. The number of benzene rings is 1. The van der Waals surface area contributed by atoms with E-state index in [1.165, 1.54) is 12.1 Å². The Kier molecular flexibility index (Phi) is 4.41. The van der Waals surface area contributed by atoms with Gasteiger partial charge in [0.2, 0.25) is 5.91 Å². The number of aliphatic hydroxyl groups excluding tert-OH is 1. The zero-order valence-electron chi connectivity index (χ0n) is 14.9. The minimum absolute atomic E-state index is 0.0284. The van der Waals surface area contributed by atoms with Crippen molar-refractivity contribution in [3.63, 3.8) is 0 Å². The monoisotopic (exact) mass is 345 g/mol. The van der Waals surface area contributed by atoms with E-state index < -0.39 is 5.41 Å². The molecule has 1 N–H and O–H groups in total. The summed E-state index contributed by atoms with van der Waals surface area (Å²) < 4.78 is 15.2. The number of imidazole rings is 1. The molecule has 1 aromatic heterocycles. The van der Waals surface area contributed by atoms with Gasteiger partial charge in [0.05, 0.1) is 30.6 Å². The summed E-state index contributed by atoms with van der Waals surface area (Å²) in [6.45, 7) is 4.63. The van der Waals surface area contributed by atoms with Crippen LogP contribution in [0.4, 0.5) is 4.39 Å². The predicted octanol–water partition coefficient (Wildman–Crippen LogP) is 2.25. The van der Waals surface area contributed by atoms with Crippen LogP contribution in [0.5, 0.6) is 0 Å². The number of aryl methyl sites for hydroxylation is 1. The second-order valence-electron chi connectivity index (χ2n) is 7.42. The molecule has 5 nitrogen and oxygen atoms in total. The maximum absolute atomic E-state index is 13.4. The first-order chi connectivity index (χ1) is 11.8. The van der Waals surface area contributed by atoms with E-state index in [2.05, 4.69) is 18.8 Å². The highest BCUT2D eigenvalue weighted by atomic mass is 19.1. The van der Waals surface area contributed by atoms with Gasteiger partial charge in [0.1, 0.15) is 5.82 Å². The van der Waals surface area contributed by atoms with Crippen LogP contribution in [0.2, 0.25) is 0 Å². The van der Waals surface area contributed by atoms with Crippen LogP contribution >= 0.6 is 0 Å². The molecule has 0 radical (unpaired) electrons. The minimum atomic E-state index is -0.672. The number of aromatic nitrogens is 2. The van der Waals surface area contributed by atoms with Crippen LogP contribution in [-0.2, 0) is 23.8 Å². The van der Waals surface area contributed by atoms with Crippen molar-refractivity contribution < 1.29 is 14.3 Å². The topological polar surface area (TPSA) is 58.4 Å². The molecule has 6 heteroatoms. The van der Waals surface area contributed by atoms with Crippen LogP contribution in [0.15, 0.2) is 36.8 Å². The molecule has 0 saturated heterocycles. The molecule has 1 unspecified atom stereocenters. The Hall–Kier alpha value is -2.21. The Morgan fingerprint density at radius 1 is 1.36 bits per heavy atom. The van der Waals surface area contributed by atoms with Crippen LogP contribution in [0.3, 0.4) is 0 Å². The minimum Gasteiger partial charge on any atom is -0.395 e. The lowest BCUT2D eigenvalue weighted by Crippen LogP contribution is -2.42. The van der Waals surface area contributed by atoms with Gasteiger partial charge in [0.25, 0.3) is 0 Å². The van der Waals surface area contributed by atoms with Gasteiger partial charge < -0.3 is 14.6 Å². The highest BCUT2D eigenvalue weighted by Crippen LogP contribution is 2.65. The fourth-order valence-corrected chi connectivity index (χ4v) is 3.71. The number of amides is 1. The molecular formula is C19H24FN3O2. The molecule has 3 rings (SSSR count). The van der Waals surface area contributed by atoms with Crippen LogP contribution in [0.1, 0.15) is 31.5 Å². The molecule has 1 aromatic carbocycles. The number of carbonyl (C=O) groups is 1. The lowest BCUT2D eigenvalue weighted by atomic mass is 9.86. The molecule has 1 heterocycles. The summed E-state index contributed by atoms with van der Waals surface area (Å²) in [6.07, 6.45) is 4.12. The highest BCUT2D eigenvalue weighted by Gasteiger charge is 2.67. The summed E-state index contributed by atoms with van der Waals surface area (Å²) in [5, 5.41) is 9.44. The van der Waals surface area contributed by atoms with Crippen molar-refractivity contribution in [3.8, 4) is 0 Å². The lowest BCUT2D eigenvalue weighted by molar-refractivity contribution is -0.136. The summed E-state index contributed by atoms with van der Waals surface area (Å²) >= 11 is 0. The van der Waals surface area contributed by atoms with Crippen LogP contribution in [-0.4, -0.2) is 38.6 Å². The number of carbonyl (C=O) groups excluding carboxylic acids is 1. The van der Waals surface area contributed by atoms with Gasteiger partial charge in [-0.05, 0) is 29.5 Å². The average Bonchev–Trinajstić information content (AvgIpc) is 2.93. The Balaban J connectivity index is 1.93. The summed E-state index contributed by atoms with van der Waals surface area (Å²) in [6, 6.07) is 6.19. The molecule has 1 aliphatic rings. The molecule has 134 valence electrons. The van der Waals surface area contributed by atoms with E-state index in [9.17, 15) is 14.3 Å². The molecule has 1 amide bonds. The van der Waals surface area contributed by atoms with Gasteiger partial charge in [-0.1, -0.05) is 26.0 Å². The number of halogens is 1. The fraction of sp³-hybridized carbons (Fsp3) is 0.474. The van der Waals surface area contributed by atoms with Gasteiger partial charge in [-0.15, -0.1) is 0 Å². The molecule has 25 heavy (non-hydrogen) atoms. The van der Waals surface area contributed by atoms with Crippen molar-refractivity contribution in [1.29, 1.82) is 0 Å². The number of hydrogen-bond acceptors (Lipinski definition) is 3. The van der Waals surface area contributed by atoms with Crippen LogP contribution in [0, 0.1) is 11.2 Å². The van der Waals surface area contributed by atoms with Gasteiger partial charge in [-0.25, -0.2) is 9.37 Å². The first-order valence-electron chi connectivity index (χ1n) is 8.43. The first-order valence-corrected chi connectivity index (χ1v) is 8.43. The third-order valence-corrected chi connectivity index (χ3v) is 5.37. The van der Waals surface area contributed by atoms with Crippen molar-refractivity contribution in [3.05, 3.63) is 53.9 Å². The summed E-state index contributed by atoms with van der Waals surface area (Å²) in [5.74, 6) is -0.341. The Bertz CT molecular complexity index is 769. The molecule has 1 atom stereocenters. The normalized spacial score (nSPS) is 21.2. The SMILES string of the molecule is Cn1cncc1CN(CCO)C(=O)C1(c2ccc(F)cc2)CC1(C)C. The van der Waals surface area contributed by atoms with Gasteiger partial charge in [-0.3, -0.25) is 4.79 Å². The Morgan fingerprint density at radius 3 is 2.48 bits per heavy atom. The molecular weight excluding hydrogens is 321 g/mol. The van der Waals surface area contributed by atoms with E-state index in [0.717, 1.165) is 11.3 Å². The quantitative estimate of drug-likeness (QED) is 0.874. The molecule has 2 aromatic rings. The van der Waals surface area contributed by atoms with Gasteiger partial charge in [0.15, 0.2) is 0 Å². The average molecular weight is 345 g/mol. The Labute approximate surface area is 147 Å². The molecule has 0 aliphatic heterocycles.